The first-order valence-corrected chi connectivity index (χ1v) is 7.27. The SMILES string of the molecule is CNc1snc(C)c1C(=O)NC[C@@H](C)Cn1ccnc1. The van der Waals surface area contributed by atoms with Gasteiger partial charge in [0.2, 0.25) is 0 Å². The standard InChI is InChI=1S/C13H19N5OS/c1-9(7-18-5-4-15-8-18)6-16-12(19)11-10(2)17-20-13(11)14-3/h4-5,8-9,14H,6-7H2,1-3H3,(H,16,19)/t9-/m1/s1. The van der Waals surface area contributed by atoms with E-state index in [9.17, 15) is 4.79 Å². The van der Waals surface area contributed by atoms with Gasteiger partial charge in [-0.15, -0.1) is 0 Å². The van der Waals surface area contributed by atoms with E-state index in [4.69, 9.17) is 0 Å². The topological polar surface area (TPSA) is 71.8 Å². The van der Waals surface area contributed by atoms with E-state index in [2.05, 4.69) is 26.9 Å². The number of imidazole rings is 1. The zero-order valence-corrected chi connectivity index (χ0v) is 12.7. The Kier molecular flexibility index (Phi) is 4.73. The van der Waals surface area contributed by atoms with Crippen LogP contribution in [0.15, 0.2) is 18.7 Å². The fraction of sp³-hybridized carbons (Fsp3) is 0.462. The molecular formula is C13H19N5OS. The van der Waals surface area contributed by atoms with Crippen LogP contribution < -0.4 is 10.6 Å². The first-order chi connectivity index (χ1) is 9.61. The Hall–Kier alpha value is -1.89. The van der Waals surface area contributed by atoms with Crippen molar-refractivity contribution in [3.05, 3.63) is 30.0 Å². The summed E-state index contributed by atoms with van der Waals surface area (Å²) in [4.78, 5) is 16.2. The van der Waals surface area contributed by atoms with Crippen molar-refractivity contribution in [2.45, 2.75) is 20.4 Å². The van der Waals surface area contributed by atoms with Gasteiger partial charge in [0.15, 0.2) is 0 Å². The Morgan fingerprint density at radius 1 is 1.55 bits per heavy atom. The van der Waals surface area contributed by atoms with Crippen LogP contribution in [-0.4, -0.2) is 33.4 Å². The van der Waals surface area contributed by atoms with Gasteiger partial charge in [0.05, 0.1) is 17.6 Å². The molecule has 0 aromatic carbocycles. The second-order valence-electron chi connectivity index (χ2n) is 4.80. The lowest BCUT2D eigenvalue weighted by molar-refractivity contribution is 0.0947. The summed E-state index contributed by atoms with van der Waals surface area (Å²) in [6, 6.07) is 0. The van der Waals surface area contributed by atoms with Crippen molar-refractivity contribution in [3.8, 4) is 0 Å². The fourth-order valence-electron chi connectivity index (χ4n) is 1.98. The van der Waals surface area contributed by atoms with Gasteiger partial charge in [0.25, 0.3) is 5.91 Å². The number of rotatable bonds is 6. The molecule has 2 rings (SSSR count). The lowest BCUT2D eigenvalue weighted by Crippen LogP contribution is -2.30. The van der Waals surface area contributed by atoms with E-state index >= 15 is 0 Å². The second kappa shape index (κ2) is 6.51. The van der Waals surface area contributed by atoms with Gasteiger partial charge in [-0.3, -0.25) is 4.79 Å². The van der Waals surface area contributed by atoms with Crippen molar-refractivity contribution in [3.63, 3.8) is 0 Å². The Morgan fingerprint density at radius 3 is 3.00 bits per heavy atom. The molecule has 6 nitrogen and oxygen atoms in total. The van der Waals surface area contributed by atoms with Gasteiger partial charge >= 0.3 is 0 Å². The van der Waals surface area contributed by atoms with Crippen molar-refractivity contribution in [2.24, 2.45) is 5.92 Å². The number of carbonyl (C=O) groups is 1. The molecular weight excluding hydrogens is 274 g/mol. The molecule has 0 aliphatic carbocycles. The molecule has 2 N–H and O–H groups in total. The summed E-state index contributed by atoms with van der Waals surface area (Å²) >= 11 is 1.31. The minimum Gasteiger partial charge on any atom is -0.378 e. The Balaban J connectivity index is 1.90. The molecule has 0 fully saturated rings. The lowest BCUT2D eigenvalue weighted by Gasteiger charge is -2.13. The normalized spacial score (nSPS) is 12.2. The van der Waals surface area contributed by atoms with E-state index in [0.29, 0.717) is 18.0 Å². The number of carbonyl (C=O) groups excluding carboxylic acids is 1. The van der Waals surface area contributed by atoms with Crippen LogP contribution in [0.4, 0.5) is 5.00 Å². The Morgan fingerprint density at radius 2 is 2.35 bits per heavy atom. The van der Waals surface area contributed by atoms with E-state index in [1.54, 1.807) is 19.6 Å². The number of amides is 1. The highest BCUT2D eigenvalue weighted by Crippen LogP contribution is 2.23. The minimum absolute atomic E-state index is 0.0712. The summed E-state index contributed by atoms with van der Waals surface area (Å²) in [5, 5.41) is 6.78. The molecule has 2 heterocycles. The van der Waals surface area contributed by atoms with Crippen LogP contribution >= 0.6 is 11.5 Å². The molecule has 1 atom stereocenters. The number of hydrogen-bond acceptors (Lipinski definition) is 5. The maximum atomic E-state index is 12.2. The van der Waals surface area contributed by atoms with Gasteiger partial charge in [-0.2, -0.15) is 4.37 Å². The largest absolute Gasteiger partial charge is 0.378 e. The van der Waals surface area contributed by atoms with Crippen LogP contribution in [0.5, 0.6) is 0 Å². The summed E-state index contributed by atoms with van der Waals surface area (Å²) in [6.45, 7) is 5.40. The number of anilines is 1. The smallest absolute Gasteiger partial charge is 0.256 e. The van der Waals surface area contributed by atoms with Crippen LogP contribution in [0.25, 0.3) is 0 Å². The average molecular weight is 293 g/mol. The molecule has 0 aliphatic heterocycles. The summed E-state index contributed by atoms with van der Waals surface area (Å²) in [7, 11) is 1.80. The molecule has 0 spiro atoms. The number of hydrogen-bond donors (Lipinski definition) is 2. The van der Waals surface area contributed by atoms with E-state index in [-0.39, 0.29) is 5.91 Å². The van der Waals surface area contributed by atoms with E-state index in [0.717, 1.165) is 17.2 Å². The second-order valence-corrected chi connectivity index (χ2v) is 5.57. The van der Waals surface area contributed by atoms with E-state index in [1.807, 2.05) is 17.7 Å². The summed E-state index contributed by atoms with van der Waals surface area (Å²) in [5.41, 5.74) is 1.41. The number of aryl methyl sites for hydroxylation is 1. The predicted molar refractivity (Wildman–Crippen MR) is 80.1 cm³/mol. The molecule has 2 aromatic heterocycles. The number of nitrogens with one attached hydrogen (secondary N) is 2. The zero-order chi connectivity index (χ0) is 14.5. The molecule has 2 aromatic rings. The Bertz CT molecular complexity index is 563. The van der Waals surface area contributed by atoms with Crippen molar-refractivity contribution < 1.29 is 4.79 Å². The van der Waals surface area contributed by atoms with Crippen LogP contribution in [0.3, 0.4) is 0 Å². The molecule has 0 bridgehead atoms. The summed E-state index contributed by atoms with van der Waals surface area (Å²) in [5.74, 6) is 0.260. The molecule has 0 saturated heterocycles. The van der Waals surface area contributed by atoms with E-state index < -0.39 is 0 Å². The maximum absolute atomic E-state index is 12.2. The van der Waals surface area contributed by atoms with Gasteiger partial charge in [-0.1, -0.05) is 6.92 Å². The van der Waals surface area contributed by atoms with Crippen LogP contribution in [0.2, 0.25) is 0 Å². The molecule has 0 saturated carbocycles. The number of nitrogens with zero attached hydrogens (tertiary/aromatic N) is 3. The first-order valence-electron chi connectivity index (χ1n) is 6.49. The maximum Gasteiger partial charge on any atom is 0.256 e. The molecule has 0 unspecified atom stereocenters. The van der Waals surface area contributed by atoms with Crippen LogP contribution in [0.1, 0.15) is 23.0 Å². The third-order valence-electron chi connectivity index (χ3n) is 3.01. The summed E-state index contributed by atoms with van der Waals surface area (Å²) in [6.07, 6.45) is 5.46. The van der Waals surface area contributed by atoms with Crippen LogP contribution in [0, 0.1) is 12.8 Å². The third kappa shape index (κ3) is 3.36. The summed E-state index contributed by atoms with van der Waals surface area (Å²) < 4.78 is 6.21. The molecule has 1 amide bonds. The average Bonchev–Trinajstić information content (AvgIpc) is 3.05. The van der Waals surface area contributed by atoms with E-state index in [1.165, 1.54) is 11.5 Å². The van der Waals surface area contributed by atoms with Gasteiger partial charge < -0.3 is 15.2 Å². The highest BCUT2D eigenvalue weighted by molar-refractivity contribution is 7.10. The predicted octanol–water partition coefficient (Wildman–Crippen LogP) is 1.76. The Labute approximate surface area is 122 Å². The zero-order valence-electron chi connectivity index (χ0n) is 11.9. The minimum atomic E-state index is -0.0712. The van der Waals surface area contributed by atoms with Crippen LogP contribution in [-0.2, 0) is 6.54 Å². The van der Waals surface area contributed by atoms with Gasteiger partial charge in [0.1, 0.15) is 5.00 Å². The van der Waals surface area contributed by atoms with Crippen molar-refractivity contribution in [2.75, 3.05) is 18.9 Å². The molecule has 7 heteroatoms. The highest BCUT2D eigenvalue weighted by Gasteiger charge is 2.17. The molecule has 20 heavy (non-hydrogen) atoms. The highest BCUT2D eigenvalue weighted by atomic mass is 32.1. The van der Waals surface area contributed by atoms with Crippen molar-refractivity contribution in [1.29, 1.82) is 0 Å². The van der Waals surface area contributed by atoms with Gasteiger partial charge in [-0.05, 0) is 24.4 Å². The van der Waals surface area contributed by atoms with Gasteiger partial charge in [0, 0.05) is 32.5 Å². The fourth-order valence-corrected chi connectivity index (χ4v) is 2.72. The molecule has 0 radical (unpaired) electrons. The van der Waals surface area contributed by atoms with Gasteiger partial charge in [-0.25, -0.2) is 4.98 Å². The molecule has 0 aliphatic rings. The van der Waals surface area contributed by atoms with Crippen molar-refractivity contribution in [1.82, 2.24) is 19.2 Å². The number of aromatic nitrogens is 3. The third-order valence-corrected chi connectivity index (χ3v) is 3.97. The quantitative estimate of drug-likeness (QED) is 0.851. The first kappa shape index (κ1) is 14.5. The lowest BCUT2D eigenvalue weighted by atomic mass is 10.1. The van der Waals surface area contributed by atoms with Crippen molar-refractivity contribution >= 4 is 22.4 Å². The molecule has 108 valence electrons. The monoisotopic (exact) mass is 293 g/mol.